The van der Waals surface area contributed by atoms with Crippen molar-refractivity contribution in [2.75, 3.05) is 0 Å². The number of benzene rings is 2. The Bertz CT molecular complexity index is 700. The molecule has 1 saturated carbocycles. The smallest absolute Gasteiger partial charge is 0.202 e. The van der Waals surface area contributed by atoms with E-state index in [9.17, 15) is 0 Å². The molecule has 2 nitrogen and oxygen atoms in total. The molecule has 0 aromatic heterocycles. The second kappa shape index (κ2) is 8.90. The van der Waals surface area contributed by atoms with Crippen LogP contribution < -0.4 is 4.74 Å². The highest BCUT2D eigenvalue weighted by atomic mass is 16.7. The van der Waals surface area contributed by atoms with Gasteiger partial charge >= 0.3 is 0 Å². The number of ether oxygens (including phenoxy) is 2. The summed E-state index contributed by atoms with van der Waals surface area (Å²) in [6.45, 7) is 8.87. The summed E-state index contributed by atoms with van der Waals surface area (Å²) >= 11 is 0. The van der Waals surface area contributed by atoms with Gasteiger partial charge in [-0.1, -0.05) is 71.2 Å². The lowest BCUT2D eigenvalue weighted by atomic mass is 9.96. The molecule has 0 spiro atoms. The standard InChI is InChI=1S/C24H34O2/c1-5-18(4)19-11-12-21-16-23(14-13-20(21)15-19)26-24(17(2)3)25-22-9-7-6-8-10-22/h11-18,22,24H,5-10H2,1-4H3. The van der Waals surface area contributed by atoms with Crippen molar-refractivity contribution in [3.8, 4) is 5.75 Å². The first-order valence-electron chi connectivity index (χ1n) is 10.4. The lowest BCUT2D eigenvalue weighted by Gasteiger charge is -2.30. The van der Waals surface area contributed by atoms with Crippen LogP contribution in [0.5, 0.6) is 5.75 Å². The van der Waals surface area contributed by atoms with Crippen molar-refractivity contribution in [1.29, 1.82) is 0 Å². The predicted octanol–water partition coefficient (Wildman–Crippen LogP) is 7.06. The molecule has 3 rings (SSSR count). The molecule has 1 fully saturated rings. The van der Waals surface area contributed by atoms with Gasteiger partial charge in [-0.25, -0.2) is 0 Å². The topological polar surface area (TPSA) is 18.5 Å². The molecule has 2 aromatic rings. The second-order valence-electron chi connectivity index (χ2n) is 8.20. The van der Waals surface area contributed by atoms with Crippen LogP contribution in [-0.2, 0) is 4.74 Å². The van der Waals surface area contributed by atoms with Crippen LogP contribution in [0.25, 0.3) is 10.8 Å². The van der Waals surface area contributed by atoms with Crippen molar-refractivity contribution in [2.45, 2.75) is 84.5 Å². The first kappa shape index (κ1) is 19.2. The molecule has 26 heavy (non-hydrogen) atoms. The Hall–Kier alpha value is -1.54. The summed E-state index contributed by atoms with van der Waals surface area (Å²) in [4.78, 5) is 0. The summed E-state index contributed by atoms with van der Waals surface area (Å²) in [7, 11) is 0. The van der Waals surface area contributed by atoms with Crippen LogP contribution in [0.1, 0.15) is 77.7 Å². The van der Waals surface area contributed by atoms with E-state index in [0.29, 0.717) is 17.9 Å². The fourth-order valence-electron chi connectivity index (χ4n) is 3.70. The van der Waals surface area contributed by atoms with Crippen LogP contribution in [0.2, 0.25) is 0 Å². The summed E-state index contributed by atoms with van der Waals surface area (Å²) in [5, 5.41) is 2.51. The lowest BCUT2D eigenvalue weighted by Crippen LogP contribution is -2.32. The van der Waals surface area contributed by atoms with Gasteiger partial charge in [-0.15, -0.1) is 0 Å². The van der Waals surface area contributed by atoms with Crippen LogP contribution in [0, 0.1) is 5.92 Å². The fourth-order valence-corrected chi connectivity index (χ4v) is 3.70. The normalized spacial score (nSPS) is 18.2. The van der Waals surface area contributed by atoms with Crippen LogP contribution in [-0.4, -0.2) is 12.4 Å². The summed E-state index contributed by atoms with van der Waals surface area (Å²) in [6.07, 6.45) is 7.60. The van der Waals surface area contributed by atoms with Crippen LogP contribution in [0.15, 0.2) is 36.4 Å². The molecule has 0 bridgehead atoms. The predicted molar refractivity (Wildman–Crippen MR) is 110 cm³/mol. The third kappa shape index (κ3) is 4.79. The fraction of sp³-hybridized carbons (Fsp3) is 0.583. The number of hydrogen-bond donors (Lipinski definition) is 0. The SMILES string of the molecule is CCC(C)c1ccc2cc(OC(OC3CCCCC3)C(C)C)ccc2c1. The van der Waals surface area contributed by atoms with E-state index >= 15 is 0 Å². The molecule has 142 valence electrons. The van der Waals surface area contributed by atoms with Crippen LogP contribution in [0.4, 0.5) is 0 Å². The Kier molecular flexibility index (Phi) is 6.58. The maximum absolute atomic E-state index is 6.31. The van der Waals surface area contributed by atoms with Gasteiger partial charge in [0.15, 0.2) is 0 Å². The van der Waals surface area contributed by atoms with E-state index in [-0.39, 0.29) is 6.29 Å². The molecule has 2 heteroatoms. The Morgan fingerprint density at radius 1 is 0.923 bits per heavy atom. The molecular weight excluding hydrogens is 320 g/mol. The molecule has 0 saturated heterocycles. The molecular formula is C24H34O2. The molecule has 0 radical (unpaired) electrons. The van der Waals surface area contributed by atoms with Gasteiger partial charge in [0.2, 0.25) is 6.29 Å². The van der Waals surface area contributed by atoms with Crippen molar-refractivity contribution < 1.29 is 9.47 Å². The lowest BCUT2D eigenvalue weighted by molar-refractivity contribution is -0.150. The zero-order chi connectivity index (χ0) is 18.5. The monoisotopic (exact) mass is 354 g/mol. The second-order valence-corrected chi connectivity index (χ2v) is 8.20. The molecule has 2 aromatic carbocycles. The molecule has 1 aliphatic carbocycles. The molecule has 2 atom stereocenters. The van der Waals surface area contributed by atoms with Crippen molar-refractivity contribution in [1.82, 2.24) is 0 Å². The van der Waals surface area contributed by atoms with Gasteiger partial charge in [-0.2, -0.15) is 0 Å². The van der Waals surface area contributed by atoms with Crippen LogP contribution >= 0.6 is 0 Å². The maximum Gasteiger partial charge on any atom is 0.202 e. The minimum atomic E-state index is -0.171. The van der Waals surface area contributed by atoms with Gasteiger partial charge in [0.1, 0.15) is 5.75 Å². The van der Waals surface area contributed by atoms with Crippen molar-refractivity contribution in [3.63, 3.8) is 0 Å². The van der Waals surface area contributed by atoms with Gasteiger partial charge in [-0.05, 0) is 53.6 Å². The average molecular weight is 355 g/mol. The Morgan fingerprint density at radius 2 is 1.62 bits per heavy atom. The molecule has 0 heterocycles. The minimum absolute atomic E-state index is 0.171. The number of rotatable bonds is 7. The maximum atomic E-state index is 6.31. The van der Waals surface area contributed by atoms with E-state index in [1.165, 1.54) is 54.9 Å². The third-order valence-electron chi connectivity index (χ3n) is 5.69. The van der Waals surface area contributed by atoms with Crippen molar-refractivity contribution in [2.24, 2.45) is 5.92 Å². The van der Waals surface area contributed by atoms with Crippen LogP contribution in [0.3, 0.4) is 0 Å². The van der Waals surface area contributed by atoms with E-state index < -0.39 is 0 Å². The summed E-state index contributed by atoms with van der Waals surface area (Å²) in [5.41, 5.74) is 1.41. The van der Waals surface area contributed by atoms with Gasteiger partial charge in [0.25, 0.3) is 0 Å². The average Bonchev–Trinajstić information content (AvgIpc) is 2.67. The van der Waals surface area contributed by atoms with Crippen molar-refractivity contribution in [3.05, 3.63) is 42.0 Å². The first-order valence-corrected chi connectivity index (χ1v) is 10.4. The minimum Gasteiger partial charge on any atom is -0.465 e. The Labute approximate surface area is 158 Å². The molecule has 0 amide bonds. The number of hydrogen-bond acceptors (Lipinski definition) is 2. The Morgan fingerprint density at radius 3 is 2.31 bits per heavy atom. The van der Waals surface area contributed by atoms with E-state index in [1.54, 1.807) is 0 Å². The summed E-state index contributed by atoms with van der Waals surface area (Å²) < 4.78 is 12.6. The van der Waals surface area contributed by atoms with E-state index in [4.69, 9.17) is 9.47 Å². The Balaban J connectivity index is 1.73. The van der Waals surface area contributed by atoms with Gasteiger partial charge in [0, 0.05) is 5.92 Å². The molecule has 0 N–H and O–H groups in total. The molecule has 0 aliphatic heterocycles. The highest BCUT2D eigenvalue weighted by Crippen LogP contribution is 2.29. The van der Waals surface area contributed by atoms with Gasteiger partial charge < -0.3 is 9.47 Å². The van der Waals surface area contributed by atoms with E-state index in [0.717, 1.165) is 5.75 Å². The quantitative estimate of drug-likeness (QED) is 0.495. The zero-order valence-electron chi connectivity index (χ0n) is 16.8. The first-order chi connectivity index (χ1) is 12.6. The largest absolute Gasteiger partial charge is 0.465 e. The highest BCUT2D eigenvalue weighted by molar-refractivity contribution is 5.84. The van der Waals surface area contributed by atoms with Gasteiger partial charge in [0.05, 0.1) is 6.10 Å². The summed E-state index contributed by atoms with van der Waals surface area (Å²) in [6, 6.07) is 13.2. The van der Waals surface area contributed by atoms with E-state index in [2.05, 4.69) is 64.1 Å². The third-order valence-corrected chi connectivity index (χ3v) is 5.69. The van der Waals surface area contributed by atoms with E-state index in [1.807, 2.05) is 0 Å². The molecule has 1 aliphatic rings. The number of fused-ring (bicyclic) bond motifs is 1. The zero-order valence-corrected chi connectivity index (χ0v) is 16.8. The molecule has 2 unspecified atom stereocenters. The summed E-state index contributed by atoms with van der Waals surface area (Å²) in [5.74, 6) is 1.84. The van der Waals surface area contributed by atoms with Gasteiger partial charge in [-0.3, -0.25) is 0 Å². The highest BCUT2D eigenvalue weighted by Gasteiger charge is 2.23. The van der Waals surface area contributed by atoms with Crippen molar-refractivity contribution >= 4 is 10.8 Å².